The van der Waals surface area contributed by atoms with Gasteiger partial charge in [-0.1, -0.05) is 15.9 Å². The highest BCUT2D eigenvalue weighted by atomic mass is 79.9. The highest BCUT2D eigenvalue weighted by Gasteiger charge is 2.36. The predicted octanol–water partition coefficient (Wildman–Crippen LogP) is 2.45. The third kappa shape index (κ3) is 3.78. The van der Waals surface area contributed by atoms with Gasteiger partial charge in [0.25, 0.3) is 0 Å². The van der Waals surface area contributed by atoms with Crippen LogP contribution in [-0.4, -0.2) is 55.0 Å². The molecule has 0 atom stereocenters. The van der Waals surface area contributed by atoms with E-state index in [1.165, 1.54) is 0 Å². The summed E-state index contributed by atoms with van der Waals surface area (Å²) < 4.78 is 64.3. The van der Waals surface area contributed by atoms with Gasteiger partial charge >= 0.3 is 12.3 Å². The molecule has 1 aromatic carbocycles. The van der Waals surface area contributed by atoms with Gasteiger partial charge in [0.15, 0.2) is 0 Å². The van der Waals surface area contributed by atoms with Crippen LogP contribution < -0.4 is 0 Å². The van der Waals surface area contributed by atoms with Gasteiger partial charge in [-0.2, -0.15) is 17.5 Å². The second-order valence-electron chi connectivity index (χ2n) is 4.81. The van der Waals surface area contributed by atoms with Crippen LogP contribution in [0, 0.1) is 0 Å². The molecule has 11 heteroatoms. The third-order valence-corrected chi connectivity index (χ3v) is 5.98. The maximum Gasteiger partial charge on any atom is 0.417 e. The Morgan fingerprint density at radius 2 is 1.74 bits per heavy atom. The Morgan fingerprint density at radius 1 is 1.17 bits per heavy atom. The van der Waals surface area contributed by atoms with Crippen molar-refractivity contribution >= 4 is 32.0 Å². The fourth-order valence-corrected chi connectivity index (χ4v) is 4.07. The van der Waals surface area contributed by atoms with Gasteiger partial charge < -0.3 is 10.0 Å². The molecule has 1 aliphatic rings. The largest absolute Gasteiger partial charge is 0.465 e. The molecule has 0 unspecified atom stereocenters. The van der Waals surface area contributed by atoms with E-state index in [0.29, 0.717) is 6.07 Å². The monoisotopic (exact) mass is 416 g/mol. The molecule has 23 heavy (non-hydrogen) atoms. The first-order valence-electron chi connectivity index (χ1n) is 6.38. The minimum absolute atomic E-state index is 0.0305. The van der Waals surface area contributed by atoms with E-state index >= 15 is 0 Å². The zero-order chi connectivity index (χ0) is 17.4. The van der Waals surface area contributed by atoms with Gasteiger partial charge in [0.1, 0.15) is 0 Å². The van der Waals surface area contributed by atoms with Crippen molar-refractivity contribution in [2.75, 3.05) is 26.2 Å². The van der Waals surface area contributed by atoms with Crippen LogP contribution in [0.5, 0.6) is 0 Å². The zero-order valence-electron chi connectivity index (χ0n) is 11.5. The topological polar surface area (TPSA) is 77.9 Å². The van der Waals surface area contributed by atoms with E-state index < -0.39 is 32.8 Å². The van der Waals surface area contributed by atoms with Crippen LogP contribution in [0.15, 0.2) is 27.6 Å². The Kier molecular flexibility index (Phi) is 4.92. The molecule has 128 valence electrons. The van der Waals surface area contributed by atoms with Gasteiger partial charge in [-0.05, 0) is 18.2 Å². The van der Waals surface area contributed by atoms with Crippen LogP contribution in [0.2, 0.25) is 0 Å². The molecule has 0 radical (unpaired) electrons. The summed E-state index contributed by atoms with van der Waals surface area (Å²) in [5, 5.41) is 8.83. The van der Waals surface area contributed by atoms with Gasteiger partial charge in [-0.25, -0.2) is 13.2 Å². The lowest BCUT2D eigenvalue weighted by Gasteiger charge is -2.32. The predicted molar refractivity (Wildman–Crippen MR) is 77.5 cm³/mol. The molecule has 2 rings (SSSR count). The summed E-state index contributed by atoms with van der Waals surface area (Å²) in [6.45, 7) is -0.271. The molecule has 6 nitrogen and oxygen atoms in total. The van der Waals surface area contributed by atoms with Gasteiger partial charge in [0.05, 0.1) is 10.5 Å². The smallest absolute Gasteiger partial charge is 0.417 e. The maximum atomic E-state index is 12.9. The van der Waals surface area contributed by atoms with Crippen molar-refractivity contribution < 1.29 is 31.5 Å². The highest BCUT2D eigenvalue weighted by molar-refractivity contribution is 9.10. The first-order chi connectivity index (χ1) is 10.5. The Morgan fingerprint density at radius 3 is 2.22 bits per heavy atom. The molecule has 1 heterocycles. The molecule has 0 aromatic heterocycles. The minimum Gasteiger partial charge on any atom is -0.465 e. The highest BCUT2D eigenvalue weighted by Crippen LogP contribution is 2.36. The summed E-state index contributed by atoms with van der Waals surface area (Å²) in [6, 6.07) is 2.68. The van der Waals surface area contributed by atoms with Crippen LogP contribution in [0.1, 0.15) is 5.56 Å². The van der Waals surface area contributed by atoms with E-state index in [1.54, 1.807) is 0 Å². The number of nitrogens with zero attached hydrogens (tertiary/aromatic N) is 2. The fourth-order valence-electron chi connectivity index (χ4n) is 2.15. The molecule has 0 spiro atoms. The van der Waals surface area contributed by atoms with Crippen molar-refractivity contribution in [3.63, 3.8) is 0 Å². The Hall–Kier alpha value is -1.33. The average Bonchev–Trinajstić information content (AvgIpc) is 2.46. The van der Waals surface area contributed by atoms with Gasteiger partial charge in [-0.3, -0.25) is 0 Å². The van der Waals surface area contributed by atoms with E-state index in [2.05, 4.69) is 15.9 Å². The van der Waals surface area contributed by atoms with Crippen LogP contribution in [0.25, 0.3) is 0 Å². The molecule has 0 bridgehead atoms. The second-order valence-corrected chi connectivity index (χ2v) is 7.61. The van der Waals surface area contributed by atoms with Gasteiger partial charge in [0, 0.05) is 30.7 Å². The number of alkyl halides is 3. The Labute approximate surface area is 138 Å². The lowest BCUT2D eigenvalue weighted by molar-refractivity contribution is -0.138. The minimum atomic E-state index is -4.69. The van der Waals surface area contributed by atoms with E-state index in [-0.39, 0.29) is 30.7 Å². The molecular weight excluding hydrogens is 405 g/mol. The number of hydrogen-bond donors (Lipinski definition) is 1. The Balaban J connectivity index is 2.29. The molecule has 1 amide bonds. The van der Waals surface area contributed by atoms with Crippen molar-refractivity contribution in [1.82, 2.24) is 9.21 Å². The van der Waals surface area contributed by atoms with E-state index in [1.807, 2.05) is 0 Å². The van der Waals surface area contributed by atoms with E-state index in [9.17, 15) is 26.4 Å². The van der Waals surface area contributed by atoms with Gasteiger partial charge in [-0.15, -0.1) is 0 Å². The molecule has 1 aliphatic heterocycles. The molecule has 1 saturated heterocycles. The summed E-state index contributed by atoms with van der Waals surface area (Å²) in [7, 11) is -4.12. The standard InChI is InChI=1S/C12H12BrF3N2O4S/c13-10-2-1-8(7-9(10)12(14,15)16)23(21,22)18-5-3-17(4-6-18)11(19)20/h1-2,7H,3-6H2,(H,19,20). The van der Waals surface area contributed by atoms with Crippen LogP contribution >= 0.6 is 15.9 Å². The first kappa shape index (κ1) is 18.0. The number of rotatable bonds is 2. The number of benzene rings is 1. The number of amides is 1. The zero-order valence-corrected chi connectivity index (χ0v) is 13.9. The van der Waals surface area contributed by atoms with Crippen molar-refractivity contribution in [2.45, 2.75) is 11.1 Å². The Bertz CT molecular complexity index is 716. The number of hydrogen-bond acceptors (Lipinski definition) is 3. The van der Waals surface area contributed by atoms with Crippen LogP contribution in [-0.2, 0) is 16.2 Å². The molecule has 0 saturated carbocycles. The SMILES string of the molecule is O=C(O)N1CCN(S(=O)(=O)c2ccc(Br)c(C(F)(F)F)c2)CC1. The molecule has 1 N–H and O–H groups in total. The maximum absolute atomic E-state index is 12.9. The first-order valence-corrected chi connectivity index (χ1v) is 8.61. The molecule has 0 aliphatic carbocycles. The van der Waals surface area contributed by atoms with E-state index in [4.69, 9.17) is 5.11 Å². The summed E-state index contributed by atoms with van der Waals surface area (Å²) >= 11 is 2.75. The summed E-state index contributed by atoms with van der Waals surface area (Å²) in [5.74, 6) is 0. The van der Waals surface area contributed by atoms with E-state index in [0.717, 1.165) is 21.3 Å². The second kappa shape index (κ2) is 6.29. The van der Waals surface area contributed by atoms with Crippen LogP contribution in [0.4, 0.5) is 18.0 Å². The lowest BCUT2D eigenvalue weighted by Crippen LogP contribution is -2.50. The average molecular weight is 417 g/mol. The van der Waals surface area contributed by atoms with Gasteiger partial charge in [0.2, 0.25) is 10.0 Å². The van der Waals surface area contributed by atoms with Crippen LogP contribution in [0.3, 0.4) is 0 Å². The summed E-state index contributed by atoms with van der Waals surface area (Å²) in [4.78, 5) is 11.4. The molecular formula is C12H12BrF3N2O4S. The third-order valence-electron chi connectivity index (χ3n) is 3.39. The van der Waals surface area contributed by atoms with Crippen molar-refractivity contribution in [1.29, 1.82) is 0 Å². The van der Waals surface area contributed by atoms with Crippen molar-refractivity contribution in [2.24, 2.45) is 0 Å². The lowest BCUT2D eigenvalue weighted by atomic mass is 10.2. The van der Waals surface area contributed by atoms with Crippen molar-refractivity contribution in [3.8, 4) is 0 Å². The number of sulfonamides is 1. The number of carboxylic acid groups (broad SMARTS) is 1. The normalized spacial score (nSPS) is 17.3. The number of piperazine rings is 1. The summed E-state index contributed by atoms with van der Waals surface area (Å²) in [6.07, 6.45) is -5.85. The quantitative estimate of drug-likeness (QED) is 0.802. The van der Waals surface area contributed by atoms with Crippen molar-refractivity contribution in [3.05, 3.63) is 28.2 Å². The summed E-state index contributed by atoms with van der Waals surface area (Å²) in [5.41, 5.74) is -1.08. The molecule has 1 aromatic rings. The number of carbonyl (C=O) groups is 1. The molecule has 1 fully saturated rings. The fraction of sp³-hybridized carbons (Fsp3) is 0.417. The number of halogens is 4.